The van der Waals surface area contributed by atoms with Gasteiger partial charge in [-0.3, -0.25) is 5.32 Å². The largest absolute Gasteiger partial charge is 0.333 e. The van der Waals surface area contributed by atoms with Crippen LogP contribution in [0.4, 0.5) is 10.7 Å². The van der Waals surface area contributed by atoms with Gasteiger partial charge in [0.25, 0.3) is 0 Å². The fourth-order valence-corrected chi connectivity index (χ4v) is 2.01. The Hall–Kier alpha value is -2.04. The van der Waals surface area contributed by atoms with Gasteiger partial charge in [-0.2, -0.15) is 0 Å². The van der Waals surface area contributed by atoms with Crippen LogP contribution < -0.4 is 10.6 Å². The molecular formula is C16H24N4O. The number of H-pyrrole nitrogens is 1. The molecule has 2 rings (SSSR count). The summed E-state index contributed by atoms with van der Waals surface area (Å²) in [5.74, 6) is 0.456. The van der Waals surface area contributed by atoms with Crippen LogP contribution in [0, 0.1) is 0 Å². The number of amides is 2. The van der Waals surface area contributed by atoms with E-state index < -0.39 is 0 Å². The number of nitrogens with zero attached hydrogens (tertiary/aromatic N) is 1. The number of carbonyl (C=O) groups is 1. The third-order valence-electron chi connectivity index (χ3n) is 3.07. The summed E-state index contributed by atoms with van der Waals surface area (Å²) in [6, 6.07) is 5.86. The number of nitrogens with one attached hydrogen (secondary N) is 3. The fourth-order valence-electron chi connectivity index (χ4n) is 2.01. The van der Waals surface area contributed by atoms with Crippen LogP contribution in [0.25, 0.3) is 11.0 Å². The van der Waals surface area contributed by atoms with Crippen molar-refractivity contribution >= 4 is 23.0 Å². The Morgan fingerprint density at radius 2 is 1.81 bits per heavy atom. The third-order valence-corrected chi connectivity index (χ3v) is 3.07. The Kier molecular flexibility index (Phi) is 3.70. The minimum atomic E-state index is -0.282. The van der Waals surface area contributed by atoms with E-state index in [2.05, 4.69) is 53.5 Å². The zero-order valence-electron chi connectivity index (χ0n) is 13.6. The maximum absolute atomic E-state index is 11.8. The van der Waals surface area contributed by atoms with Crippen molar-refractivity contribution in [2.75, 3.05) is 5.32 Å². The molecule has 2 aromatic rings. The molecule has 1 aromatic carbocycles. The van der Waals surface area contributed by atoms with Gasteiger partial charge in [-0.15, -0.1) is 0 Å². The summed E-state index contributed by atoms with van der Waals surface area (Å²) in [6.07, 6.45) is 0. The molecule has 2 amide bonds. The lowest BCUT2D eigenvalue weighted by Crippen LogP contribution is -2.43. The summed E-state index contributed by atoms with van der Waals surface area (Å²) in [5, 5.41) is 5.57. The molecule has 0 atom stereocenters. The van der Waals surface area contributed by atoms with Gasteiger partial charge < -0.3 is 10.3 Å². The Bertz CT molecular complexity index is 659. The average Bonchev–Trinajstić information content (AvgIpc) is 2.65. The van der Waals surface area contributed by atoms with Gasteiger partial charge in [0.2, 0.25) is 5.95 Å². The molecule has 0 aliphatic carbocycles. The molecule has 0 saturated carbocycles. The molecule has 21 heavy (non-hydrogen) atoms. The molecule has 1 aromatic heterocycles. The summed E-state index contributed by atoms with van der Waals surface area (Å²) in [5.41, 5.74) is 2.79. The fraction of sp³-hybridized carbons (Fsp3) is 0.500. The molecule has 114 valence electrons. The number of hydrogen-bond donors (Lipinski definition) is 3. The predicted molar refractivity (Wildman–Crippen MR) is 86.7 cm³/mol. The van der Waals surface area contributed by atoms with E-state index >= 15 is 0 Å². The lowest BCUT2D eigenvalue weighted by atomic mass is 9.87. The van der Waals surface area contributed by atoms with E-state index in [0.717, 1.165) is 11.0 Å². The van der Waals surface area contributed by atoms with Crippen LogP contribution in [0.2, 0.25) is 0 Å². The first-order valence-electron chi connectivity index (χ1n) is 7.14. The molecule has 0 aliphatic heterocycles. The third kappa shape index (κ3) is 3.97. The lowest BCUT2D eigenvalue weighted by Gasteiger charge is -2.20. The van der Waals surface area contributed by atoms with Gasteiger partial charge in [0.1, 0.15) is 0 Å². The Morgan fingerprint density at radius 3 is 2.38 bits per heavy atom. The van der Waals surface area contributed by atoms with Crippen LogP contribution in [-0.4, -0.2) is 21.5 Å². The highest BCUT2D eigenvalue weighted by Gasteiger charge is 2.17. The maximum atomic E-state index is 11.8. The number of imidazole rings is 1. The first-order valence-corrected chi connectivity index (χ1v) is 7.14. The summed E-state index contributed by atoms with van der Waals surface area (Å²) in [4.78, 5) is 19.4. The van der Waals surface area contributed by atoms with Crippen molar-refractivity contribution in [3.8, 4) is 0 Å². The first-order chi connectivity index (χ1) is 9.54. The number of anilines is 1. The number of rotatable bonds is 1. The van der Waals surface area contributed by atoms with Crippen molar-refractivity contribution in [1.29, 1.82) is 0 Å². The highest BCUT2D eigenvalue weighted by molar-refractivity contribution is 5.90. The second kappa shape index (κ2) is 5.06. The Balaban J connectivity index is 2.21. The van der Waals surface area contributed by atoms with E-state index in [1.54, 1.807) is 0 Å². The molecule has 5 heteroatoms. The number of fused-ring (bicyclic) bond motifs is 1. The van der Waals surface area contributed by atoms with E-state index in [1.807, 2.05) is 26.8 Å². The normalized spacial score (nSPS) is 12.5. The molecule has 0 bridgehead atoms. The Morgan fingerprint density at radius 1 is 1.14 bits per heavy atom. The van der Waals surface area contributed by atoms with E-state index in [-0.39, 0.29) is 17.0 Å². The van der Waals surface area contributed by atoms with Gasteiger partial charge in [0.05, 0.1) is 11.0 Å². The predicted octanol–water partition coefficient (Wildman–Crippen LogP) is 3.78. The number of aromatic amines is 1. The summed E-state index contributed by atoms with van der Waals surface area (Å²) < 4.78 is 0. The minimum Gasteiger partial charge on any atom is -0.333 e. The zero-order chi connectivity index (χ0) is 15.8. The number of carbonyl (C=O) groups excluding carboxylic acids is 1. The molecule has 0 saturated heterocycles. The molecule has 0 fully saturated rings. The van der Waals surface area contributed by atoms with Crippen molar-refractivity contribution in [2.45, 2.75) is 52.5 Å². The average molecular weight is 288 g/mol. The van der Waals surface area contributed by atoms with Crippen molar-refractivity contribution < 1.29 is 4.79 Å². The second-order valence-corrected chi connectivity index (χ2v) is 7.40. The van der Waals surface area contributed by atoms with Crippen LogP contribution in [0.5, 0.6) is 0 Å². The molecule has 0 aliphatic rings. The summed E-state index contributed by atoms with van der Waals surface area (Å²) >= 11 is 0. The molecule has 1 heterocycles. The van der Waals surface area contributed by atoms with E-state index in [9.17, 15) is 4.79 Å². The zero-order valence-corrected chi connectivity index (χ0v) is 13.6. The highest BCUT2D eigenvalue weighted by Crippen LogP contribution is 2.25. The van der Waals surface area contributed by atoms with Crippen molar-refractivity contribution in [2.24, 2.45) is 0 Å². The Labute approximate surface area is 125 Å². The molecule has 0 radical (unpaired) electrons. The van der Waals surface area contributed by atoms with E-state index in [1.165, 1.54) is 5.56 Å². The standard InChI is InChI=1S/C16H24N4O/c1-15(2,3)10-7-8-11-12(9-10)18-13(17-11)19-14(21)20-16(4,5)6/h7-9H,1-6H3,(H3,17,18,19,20,21). The SMILES string of the molecule is CC(C)(C)NC(=O)Nc1nc2ccc(C(C)(C)C)cc2[nH]1. The number of benzene rings is 1. The van der Waals surface area contributed by atoms with Gasteiger partial charge in [0, 0.05) is 5.54 Å². The number of hydrogen-bond acceptors (Lipinski definition) is 2. The van der Waals surface area contributed by atoms with Gasteiger partial charge >= 0.3 is 6.03 Å². The molecule has 0 spiro atoms. The smallest absolute Gasteiger partial charge is 0.321 e. The molecular weight excluding hydrogens is 264 g/mol. The second-order valence-electron chi connectivity index (χ2n) is 7.40. The minimum absolute atomic E-state index is 0.0799. The first kappa shape index (κ1) is 15.4. The van der Waals surface area contributed by atoms with E-state index in [4.69, 9.17) is 0 Å². The van der Waals surface area contributed by atoms with Gasteiger partial charge in [-0.25, -0.2) is 9.78 Å². The van der Waals surface area contributed by atoms with Crippen LogP contribution >= 0.6 is 0 Å². The van der Waals surface area contributed by atoms with Crippen molar-refractivity contribution in [1.82, 2.24) is 15.3 Å². The van der Waals surface area contributed by atoms with Crippen molar-refractivity contribution in [3.63, 3.8) is 0 Å². The highest BCUT2D eigenvalue weighted by atomic mass is 16.2. The molecule has 5 nitrogen and oxygen atoms in total. The number of urea groups is 1. The molecule has 0 unspecified atom stereocenters. The van der Waals surface area contributed by atoms with Crippen molar-refractivity contribution in [3.05, 3.63) is 23.8 Å². The maximum Gasteiger partial charge on any atom is 0.321 e. The van der Waals surface area contributed by atoms with Gasteiger partial charge in [-0.1, -0.05) is 26.8 Å². The topological polar surface area (TPSA) is 69.8 Å². The quantitative estimate of drug-likeness (QED) is 0.747. The van der Waals surface area contributed by atoms with Gasteiger partial charge in [-0.05, 0) is 43.9 Å². The summed E-state index contributed by atoms with van der Waals surface area (Å²) in [7, 11) is 0. The van der Waals surface area contributed by atoms with E-state index in [0.29, 0.717) is 5.95 Å². The van der Waals surface area contributed by atoms with Crippen LogP contribution in [-0.2, 0) is 5.41 Å². The monoisotopic (exact) mass is 288 g/mol. The van der Waals surface area contributed by atoms with Crippen LogP contribution in [0.3, 0.4) is 0 Å². The molecule has 3 N–H and O–H groups in total. The summed E-state index contributed by atoms with van der Waals surface area (Å²) in [6.45, 7) is 12.3. The van der Waals surface area contributed by atoms with Gasteiger partial charge in [0.15, 0.2) is 0 Å². The van der Waals surface area contributed by atoms with Crippen LogP contribution in [0.1, 0.15) is 47.1 Å². The van der Waals surface area contributed by atoms with Crippen LogP contribution in [0.15, 0.2) is 18.2 Å². The lowest BCUT2D eigenvalue weighted by molar-refractivity contribution is 0.243. The number of aromatic nitrogens is 2.